The molecule has 1 heterocycles. The normalized spacial score (nSPS) is 18.7. The van der Waals surface area contributed by atoms with Gasteiger partial charge in [-0.15, -0.1) is 24.0 Å². The van der Waals surface area contributed by atoms with Gasteiger partial charge in [0, 0.05) is 38.2 Å². The molecule has 1 aliphatic heterocycles. The van der Waals surface area contributed by atoms with Gasteiger partial charge in [-0.05, 0) is 27.2 Å². The van der Waals surface area contributed by atoms with Crippen molar-refractivity contribution in [3.63, 3.8) is 0 Å². The minimum absolute atomic E-state index is 0. The Morgan fingerprint density at radius 2 is 2.04 bits per heavy atom. The zero-order valence-corrected chi connectivity index (χ0v) is 19.7. The second-order valence-corrected chi connectivity index (χ2v) is 8.85. The average molecular weight is 506 g/mol. The number of ether oxygens (including phenoxy) is 2. The Kier molecular flexibility index (Phi) is 12.2. The van der Waals surface area contributed by atoms with E-state index in [1.807, 2.05) is 20.8 Å². The Morgan fingerprint density at radius 1 is 1.35 bits per heavy atom. The largest absolute Gasteiger partial charge is 0.382 e. The van der Waals surface area contributed by atoms with Crippen LogP contribution in [0.5, 0.6) is 0 Å². The molecule has 0 saturated carbocycles. The van der Waals surface area contributed by atoms with E-state index in [-0.39, 0.29) is 24.0 Å². The molecule has 1 saturated heterocycles. The molecule has 1 fully saturated rings. The van der Waals surface area contributed by atoms with Crippen molar-refractivity contribution in [2.24, 2.45) is 10.9 Å². The van der Waals surface area contributed by atoms with E-state index in [0.717, 1.165) is 44.9 Å². The smallest absolute Gasteiger partial charge is 0.209 e. The predicted octanol–water partition coefficient (Wildman–Crippen LogP) is 0.883. The summed E-state index contributed by atoms with van der Waals surface area (Å²) in [6, 6.07) is 0. The molecule has 0 aromatic heterocycles. The summed E-state index contributed by atoms with van der Waals surface area (Å²) >= 11 is 0. The highest BCUT2D eigenvalue weighted by molar-refractivity contribution is 14.0. The zero-order valence-electron chi connectivity index (χ0n) is 16.6. The Balaban J connectivity index is 0.00000625. The summed E-state index contributed by atoms with van der Waals surface area (Å²) in [7, 11) is -1.60. The van der Waals surface area contributed by atoms with Gasteiger partial charge in [0.2, 0.25) is 10.0 Å². The molecule has 10 heteroatoms. The number of nitrogens with one attached hydrogen (secondary N) is 2. The molecule has 0 spiro atoms. The van der Waals surface area contributed by atoms with Crippen LogP contribution in [0.2, 0.25) is 0 Å². The molecule has 0 aromatic carbocycles. The number of guanidine groups is 1. The van der Waals surface area contributed by atoms with Crippen molar-refractivity contribution in [1.82, 2.24) is 14.9 Å². The molecular weight excluding hydrogens is 471 g/mol. The van der Waals surface area contributed by atoms with E-state index >= 15 is 0 Å². The third kappa shape index (κ3) is 10.9. The number of likely N-dealkylation sites (tertiary alicyclic amines) is 1. The van der Waals surface area contributed by atoms with Gasteiger partial charge in [-0.1, -0.05) is 0 Å². The fourth-order valence-electron chi connectivity index (χ4n) is 2.79. The van der Waals surface area contributed by atoms with Crippen LogP contribution in [-0.4, -0.2) is 84.2 Å². The number of nitrogens with zero attached hydrogens (tertiary/aromatic N) is 2. The number of rotatable bonds is 10. The maximum atomic E-state index is 11.5. The van der Waals surface area contributed by atoms with E-state index in [9.17, 15) is 8.42 Å². The molecule has 0 aromatic rings. The first kappa shape index (κ1) is 25.8. The lowest BCUT2D eigenvalue weighted by atomic mass is 10.1. The second-order valence-electron chi connectivity index (χ2n) is 7.10. The minimum atomic E-state index is -3.26. The maximum absolute atomic E-state index is 11.5. The summed E-state index contributed by atoms with van der Waals surface area (Å²) in [6.45, 7) is 10.6. The number of methoxy groups -OCH3 is 1. The van der Waals surface area contributed by atoms with Gasteiger partial charge >= 0.3 is 0 Å². The lowest BCUT2D eigenvalue weighted by molar-refractivity contribution is 0.0536. The monoisotopic (exact) mass is 506 g/mol. The van der Waals surface area contributed by atoms with Crippen LogP contribution in [-0.2, 0) is 19.5 Å². The molecule has 2 N–H and O–H groups in total. The molecule has 8 nitrogen and oxygen atoms in total. The number of halogens is 1. The van der Waals surface area contributed by atoms with Crippen molar-refractivity contribution in [3.8, 4) is 0 Å². The first-order chi connectivity index (χ1) is 11.7. The van der Waals surface area contributed by atoms with Gasteiger partial charge in [0.25, 0.3) is 0 Å². The van der Waals surface area contributed by atoms with E-state index in [1.165, 1.54) is 0 Å². The van der Waals surface area contributed by atoms with Gasteiger partial charge in [-0.25, -0.2) is 13.1 Å². The Bertz CT molecular complexity index is 528. The summed E-state index contributed by atoms with van der Waals surface area (Å²) in [4.78, 5) is 6.85. The predicted molar refractivity (Wildman–Crippen MR) is 116 cm³/mol. The maximum Gasteiger partial charge on any atom is 0.209 e. The van der Waals surface area contributed by atoms with E-state index in [2.05, 4.69) is 19.9 Å². The quantitative estimate of drug-likeness (QED) is 0.198. The summed E-state index contributed by atoms with van der Waals surface area (Å²) in [5, 5.41) is 3.29. The molecule has 1 rings (SSSR count). The molecule has 0 bridgehead atoms. The van der Waals surface area contributed by atoms with Crippen LogP contribution < -0.4 is 10.0 Å². The Hall–Kier alpha value is -0.170. The van der Waals surface area contributed by atoms with E-state index in [1.54, 1.807) is 7.11 Å². The standard InChI is InChI=1S/C16H34N4O4S.HI/c1-6-17-15(18-13-16(2,3)19-25(5,21)22)20-8-7-14(11-20)12-24-10-9-23-4;/h14,19H,6-13H2,1-5H3,(H,17,18);1H. The minimum Gasteiger partial charge on any atom is -0.382 e. The summed E-state index contributed by atoms with van der Waals surface area (Å²) in [6.07, 6.45) is 2.22. The lowest BCUT2D eigenvalue weighted by Gasteiger charge is -2.26. The van der Waals surface area contributed by atoms with Crippen molar-refractivity contribution in [1.29, 1.82) is 0 Å². The second kappa shape index (κ2) is 12.3. The molecule has 1 aliphatic rings. The molecular formula is C16H35IN4O4S. The van der Waals surface area contributed by atoms with Crippen molar-refractivity contribution in [2.75, 3.05) is 59.4 Å². The van der Waals surface area contributed by atoms with E-state index in [0.29, 0.717) is 25.7 Å². The van der Waals surface area contributed by atoms with Crippen LogP contribution in [0.25, 0.3) is 0 Å². The van der Waals surface area contributed by atoms with Gasteiger partial charge in [-0.2, -0.15) is 0 Å². The van der Waals surface area contributed by atoms with Crippen LogP contribution in [0.1, 0.15) is 27.2 Å². The SMILES string of the molecule is CCNC(=NCC(C)(C)NS(C)(=O)=O)N1CCC(COCCOC)C1.I. The summed E-state index contributed by atoms with van der Waals surface area (Å²) in [5.41, 5.74) is -0.628. The van der Waals surface area contributed by atoms with Gasteiger partial charge < -0.3 is 19.7 Å². The highest BCUT2D eigenvalue weighted by atomic mass is 127. The first-order valence-electron chi connectivity index (χ1n) is 8.75. The first-order valence-corrected chi connectivity index (χ1v) is 10.6. The number of aliphatic imine (C=N–C) groups is 1. The summed E-state index contributed by atoms with van der Waals surface area (Å²) < 4.78 is 36.1. The van der Waals surface area contributed by atoms with Crippen LogP contribution >= 0.6 is 24.0 Å². The number of sulfonamides is 1. The third-order valence-corrected chi connectivity index (χ3v) is 4.71. The lowest BCUT2D eigenvalue weighted by Crippen LogP contribution is -2.47. The number of hydrogen-bond acceptors (Lipinski definition) is 5. The van der Waals surface area contributed by atoms with E-state index < -0.39 is 15.6 Å². The topological polar surface area (TPSA) is 92.3 Å². The Morgan fingerprint density at radius 3 is 2.62 bits per heavy atom. The van der Waals surface area contributed by atoms with Crippen LogP contribution in [0.4, 0.5) is 0 Å². The third-order valence-electron chi connectivity index (χ3n) is 3.79. The van der Waals surface area contributed by atoms with Crippen molar-refractivity contribution >= 4 is 40.0 Å². The van der Waals surface area contributed by atoms with Crippen molar-refractivity contribution in [3.05, 3.63) is 0 Å². The molecule has 1 unspecified atom stereocenters. The molecule has 0 aliphatic carbocycles. The van der Waals surface area contributed by atoms with Gasteiger partial charge in [0.05, 0.1) is 32.6 Å². The average Bonchev–Trinajstić information content (AvgIpc) is 2.94. The highest BCUT2D eigenvalue weighted by Crippen LogP contribution is 2.17. The molecule has 26 heavy (non-hydrogen) atoms. The van der Waals surface area contributed by atoms with Crippen molar-refractivity contribution in [2.45, 2.75) is 32.7 Å². The van der Waals surface area contributed by atoms with Crippen molar-refractivity contribution < 1.29 is 17.9 Å². The number of hydrogen-bond donors (Lipinski definition) is 2. The van der Waals surface area contributed by atoms with Gasteiger partial charge in [0.15, 0.2) is 5.96 Å². The van der Waals surface area contributed by atoms with Crippen LogP contribution in [0, 0.1) is 5.92 Å². The Labute approximate surface area is 175 Å². The molecule has 0 amide bonds. The molecule has 156 valence electrons. The molecule has 1 atom stereocenters. The van der Waals surface area contributed by atoms with Crippen LogP contribution in [0.3, 0.4) is 0 Å². The fourth-order valence-corrected chi connectivity index (χ4v) is 3.85. The molecule has 0 radical (unpaired) electrons. The van der Waals surface area contributed by atoms with Crippen LogP contribution in [0.15, 0.2) is 4.99 Å². The fraction of sp³-hybridized carbons (Fsp3) is 0.938. The highest BCUT2D eigenvalue weighted by Gasteiger charge is 2.26. The summed E-state index contributed by atoms with van der Waals surface area (Å²) in [5.74, 6) is 1.30. The van der Waals surface area contributed by atoms with Gasteiger partial charge in [-0.3, -0.25) is 4.99 Å². The van der Waals surface area contributed by atoms with Gasteiger partial charge in [0.1, 0.15) is 0 Å². The van der Waals surface area contributed by atoms with E-state index in [4.69, 9.17) is 9.47 Å². The zero-order chi connectivity index (χ0) is 18.9.